The van der Waals surface area contributed by atoms with E-state index in [0.29, 0.717) is 54.6 Å². The van der Waals surface area contributed by atoms with Crippen molar-refractivity contribution in [2.24, 2.45) is 0 Å². The Hall–Kier alpha value is -3.29. The molecule has 1 aliphatic heterocycles. The minimum atomic E-state index is -0.332. The Morgan fingerprint density at radius 2 is 1.66 bits per heavy atom. The van der Waals surface area contributed by atoms with Crippen LogP contribution in [0.1, 0.15) is 32.2 Å². The number of hydrogen-bond donors (Lipinski definition) is 1. The Balaban J connectivity index is 1.48. The molecular formula is C21H25N3O5. The maximum atomic E-state index is 12.6. The smallest absolute Gasteiger partial charge is 0.255 e. The highest BCUT2D eigenvalue weighted by Crippen LogP contribution is 2.15. The number of amides is 3. The van der Waals surface area contributed by atoms with Crippen LogP contribution >= 0.6 is 0 Å². The van der Waals surface area contributed by atoms with E-state index in [-0.39, 0.29) is 24.3 Å². The van der Waals surface area contributed by atoms with Gasteiger partial charge in [-0.25, -0.2) is 0 Å². The first-order chi connectivity index (χ1) is 13.9. The second kappa shape index (κ2) is 8.81. The van der Waals surface area contributed by atoms with Gasteiger partial charge in [0.1, 0.15) is 17.3 Å². The maximum absolute atomic E-state index is 12.6. The molecule has 0 atom stereocenters. The van der Waals surface area contributed by atoms with E-state index in [2.05, 4.69) is 5.32 Å². The van der Waals surface area contributed by atoms with Crippen LogP contribution in [0, 0.1) is 13.8 Å². The first kappa shape index (κ1) is 20.4. The van der Waals surface area contributed by atoms with E-state index < -0.39 is 0 Å². The molecule has 1 fully saturated rings. The van der Waals surface area contributed by atoms with Gasteiger partial charge in [-0.3, -0.25) is 14.4 Å². The zero-order chi connectivity index (χ0) is 21.0. The normalized spacial score (nSPS) is 13.9. The van der Waals surface area contributed by atoms with Gasteiger partial charge in [0.2, 0.25) is 5.91 Å². The van der Waals surface area contributed by atoms with Crippen molar-refractivity contribution in [1.82, 2.24) is 15.1 Å². The van der Waals surface area contributed by atoms with Crippen LogP contribution in [0.3, 0.4) is 0 Å². The summed E-state index contributed by atoms with van der Waals surface area (Å²) in [5.41, 5.74) is 1.02. The van der Waals surface area contributed by atoms with E-state index in [1.165, 1.54) is 0 Å². The zero-order valence-corrected chi connectivity index (χ0v) is 16.9. The van der Waals surface area contributed by atoms with Gasteiger partial charge in [-0.2, -0.15) is 0 Å². The van der Waals surface area contributed by atoms with Crippen molar-refractivity contribution in [3.8, 4) is 5.75 Å². The Morgan fingerprint density at radius 1 is 1.03 bits per heavy atom. The van der Waals surface area contributed by atoms with Gasteiger partial charge in [0.15, 0.2) is 0 Å². The monoisotopic (exact) mass is 399 g/mol. The molecule has 0 saturated carbocycles. The molecule has 3 amide bonds. The Morgan fingerprint density at radius 3 is 2.21 bits per heavy atom. The quantitative estimate of drug-likeness (QED) is 0.825. The van der Waals surface area contributed by atoms with Gasteiger partial charge in [0, 0.05) is 31.7 Å². The molecule has 1 aromatic heterocycles. The van der Waals surface area contributed by atoms with Crippen LogP contribution in [0.2, 0.25) is 0 Å². The van der Waals surface area contributed by atoms with Crippen molar-refractivity contribution < 1.29 is 23.5 Å². The average molecular weight is 399 g/mol. The SMILES string of the molecule is COc1ccc(C(=O)N2CCN(C(=O)CNC(=O)c3cc(C)oc3C)CC2)cc1. The summed E-state index contributed by atoms with van der Waals surface area (Å²) < 4.78 is 10.4. The fourth-order valence-corrected chi connectivity index (χ4v) is 3.29. The Kier molecular flexibility index (Phi) is 6.21. The number of hydrogen-bond acceptors (Lipinski definition) is 5. The lowest BCUT2D eigenvalue weighted by atomic mass is 10.1. The largest absolute Gasteiger partial charge is 0.497 e. The standard InChI is InChI=1S/C21H25N3O5/c1-14-12-18(15(2)29-14)20(26)22-13-19(25)23-8-10-24(11-9-23)21(27)16-4-6-17(28-3)7-5-16/h4-7,12H,8-11,13H2,1-3H3,(H,22,26). The highest BCUT2D eigenvalue weighted by molar-refractivity contribution is 5.97. The summed E-state index contributed by atoms with van der Waals surface area (Å²) in [6, 6.07) is 8.61. The van der Waals surface area contributed by atoms with Gasteiger partial charge in [-0.1, -0.05) is 0 Å². The molecule has 0 radical (unpaired) electrons. The minimum absolute atomic E-state index is 0.0705. The van der Waals surface area contributed by atoms with Crippen molar-refractivity contribution in [2.45, 2.75) is 13.8 Å². The summed E-state index contributed by atoms with van der Waals surface area (Å²) in [7, 11) is 1.58. The number of aryl methyl sites for hydroxylation is 2. The average Bonchev–Trinajstić information content (AvgIpc) is 3.09. The summed E-state index contributed by atoms with van der Waals surface area (Å²) in [6.45, 7) is 5.15. The Bertz CT molecular complexity index is 896. The van der Waals surface area contributed by atoms with E-state index in [9.17, 15) is 14.4 Å². The van der Waals surface area contributed by atoms with E-state index in [1.807, 2.05) is 0 Å². The number of carbonyl (C=O) groups is 3. The van der Waals surface area contributed by atoms with Gasteiger partial charge >= 0.3 is 0 Å². The number of rotatable bonds is 5. The number of piperazine rings is 1. The molecule has 0 spiro atoms. The lowest BCUT2D eigenvalue weighted by molar-refractivity contribution is -0.131. The van der Waals surface area contributed by atoms with Gasteiger partial charge in [-0.15, -0.1) is 0 Å². The van der Waals surface area contributed by atoms with Crippen LogP contribution in [-0.2, 0) is 4.79 Å². The van der Waals surface area contributed by atoms with E-state index in [1.54, 1.807) is 61.1 Å². The van der Waals surface area contributed by atoms with Crippen molar-refractivity contribution in [2.75, 3.05) is 39.8 Å². The van der Waals surface area contributed by atoms with Crippen LogP contribution in [0.15, 0.2) is 34.7 Å². The van der Waals surface area contributed by atoms with Crippen molar-refractivity contribution in [1.29, 1.82) is 0 Å². The molecule has 0 aliphatic carbocycles. The molecule has 154 valence electrons. The molecule has 1 saturated heterocycles. The van der Waals surface area contributed by atoms with Crippen molar-refractivity contribution in [3.05, 3.63) is 53.0 Å². The molecule has 0 unspecified atom stereocenters. The fraction of sp³-hybridized carbons (Fsp3) is 0.381. The van der Waals surface area contributed by atoms with E-state index in [4.69, 9.17) is 9.15 Å². The summed E-state index contributed by atoms with van der Waals surface area (Å²) in [4.78, 5) is 40.6. The third-order valence-corrected chi connectivity index (χ3v) is 4.94. The molecule has 2 heterocycles. The van der Waals surface area contributed by atoms with Gasteiger partial charge in [0.05, 0.1) is 19.2 Å². The molecule has 29 heavy (non-hydrogen) atoms. The molecule has 8 nitrogen and oxygen atoms in total. The van der Waals surface area contributed by atoms with Crippen molar-refractivity contribution in [3.63, 3.8) is 0 Å². The molecule has 0 bridgehead atoms. The second-order valence-corrected chi connectivity index (χ2v) is 6.91. The first-order valence-corrected chi connectivity index (χ1v) is 9.45. The molecular weight excluding hydrogens is 374 g/mol. The lowest BCUT2D eigenvalue weighted by Crippen LogP contribution is -2.52. The minimum Gasteiger partial charge on any atom is -0.497 e. The molecule has 8 heteroatoms. The van der Waals surface area contributed by atoms with Crippen LogP contribution in [0.4, 0.5) is 0 Å². The number of nitrogens with zero attached hydrogens (tertiary/aromatic N) is 2. The highest BCUT2D eigenvalue weighted by atomic mass is 16.5. The first-order valence-electron chi connectivity index (χ1n) is 9.45. The van der Waals surface area contributed by atoms with Gasteiger partial charge < -0.3 is 24.3 Å². The summed E-state index contributed by atoms with van der Waals surface area (Å²) in [5, 5.41) is 2.64. The lowest BCUT2D eigenvalue weighted by Gasteiger charge is -2.34. The molecule has 3 rings (SSSR count). The maximum Gasteiger partial charge on any atom is 0.255 e. The van der Waals surface area contributed by atoms with Gasteiger partial charge in [-0.05, 0) is 44.2 Å². The highest BCUT2D eigenvalue weighted by Gasteiger charge is 2.25. The predicted molar refractivity (Wildman–Crippen MR) is 106 cm³/mol. The molecule has 2 aromatic rings. The topological polar surface area (TPSA) is 92.1 Å². The van der Waals surface area contributed by atoms with E-state index in [0.717, 1.165) is 0 Å². The van der Waals surface area contributed by atoms with Gasteiger partial charge in [0.25, 0.3) is 11.8 Å². The number of carbonyl (C=O) groups excluding carboxylic acids is 3. The van der Waals surface area contributed by atoms with E-state index >= 15 is 0 Å². The third-order valence-electron chi connectivity index (χ3n) is 4.94. The van der Waals surface area contributed by atoms with Crippen LogP contribution < -0.4 is 10.1 Å². The summed E-state index contributed by atoms with van der Waals surface area (Å²) >= 11 is 0. The predicted octanol–water partition coefficient (Wildman–Crippen LogP) is 1.62. The number of methoxy groups -OCH3 is 1. The van der Waals surface area contributed by atoms with Crippen molar-refractivity contribution >= 4 is 17.7 Å². The summed E-state index contributed by atoms with van der Waals surface area (Å²) in [5.74, 6) is 1.29. The fourth-order valence-electron chi connectivity index (χ4n) is 3.29. The van der Waals surface area contributed by atoms with Crippen LogP contribution in [-0.4, -0.2) is 67.4 Å². The molecule has 1 aliphatic rings. The molecule has 1 N–H and O–H groups in total. The Labute approximate surface area is 169 Å². The van der Waals surface area contributed by atoms with Crippen LogP contribution in [0.5, 0.6) is 5.75 Å². The van der Waals surface area contributed by atoms with Crippen LogP contribution in [0.25, 0.3) is 0 Å². The molecule has 1 aromatic carbocycles. The number of nitrogens with one attached hydrogen (secondary N) is 1. The second-order valence-electron chi connectivity index (χ2n) is 6.91. The third kappa shape index (κ3) is 4.77. The number of furan rings is 1. The summed E-state index contributed by atoms with van der Waals surface area (Å²) in [6.07, 6.45) is 0. The zero-order valence-electron chi connectivity index (χ0n) is 16.9. The number of benzene rings is 1. The number of ether oxygens (including phenoxy) is 1.